The molecule has 1 aromatic rings. The van der Waals surface area contributed by atoms with Crippen molar-refractivity contribution in [1.82, 2.24) is 9.80 Å². The summed E-state index contributed by atoms with van der Waals surface area (Å²) in [5.41, 5.74) is 0.641. The van der Waals surface area contributed by atoms with Crippen LogP contribution < -0.4 is 0 Å². The topological polar surface area (TPSA) is 84.0 Å². The third-order valence-corrected chi connectivity index (χ3v) is 4.70. The highest BCUT2D eigenvalue weighted by Crippen LogP contribution is 2.22. The molecule has 0 unspecified atom stereocenters. The van der Waals surface area contributed by atoms with Gasteiger partial charge in [0.1, 0.15) is 6.54 Å². The second kappa shape index (κ2) is 10.6. The Labute approximate surface area is 165 Å². The van der Waals surface area contributed by atoms with E-state index in [0.29, 0.717) is 17.7 Å². The molecule has 2 rings (SSSR count). The van der Waals surface area contributed by atoms with Gasteiger partial charge in [-0.1, -0.05) is 38.3 Å². The average molecular weight is 388 g/mol. The maximum Gasteiger partial charge on any atom is 0.307 e. The molecule has 0 fully saturated rings. The molecule has 28 heavy (non-hydrogen) atoms. The summed E-state index contributed by atoms with van der Waals surface area (Å²) in [6.45, 7) is 4.51. The van der Waals surface area contributed by atoms with E-state index in [0.717, 1.165) is 30.6 Å². The fourth-order valence-corrected chi connectivity index (χ4v) is 3.17. The SMILES string of the molecule is CCCCCCN(CCC(=O)OCC)C(=O)CN1C(=O)c2ccccc2C1=O. The summed E-state index contributed by atoms with van der Waals surface area (Å²) < 4.78 is 4.93. The van der Waals surface area contributed by atoms with Gasteiger partial charge >= 0.3 is 5.97 Å². The van der Waals surface area contributed by atoms with Crippen molar-refractivity contribution in [1.29, 1.82) is 0 Å². The van der Waals surface area contributed by atoms with Gasteiger partial charge in [-0.2, -0.15) is 0 Å². The van der Waals surface area contributed by atoms with E-state index >= 15 is 0 Å². The first-order valence-electron chi connectivity index (χ1n) is 9.88. The van der Waals surface area contributed by atoms with Gasteiger partial charge in [0.15, 0.2) is 0 Å². The molecule has 0 bridgehead atoms. The maximum atomic E-state index is 12.8. The van der Waals surface area contributed by atoms with Gasteiger partial charge in [-0.05, 0) is 25.5 Å². The molecular weight excluding hydrogens is 360 g/mol. The van der Waals surface area contributed by atoms with Crippen molar-refractivity contribution >= 4 is 23.7 Å². The Balaban J connectivity index is 2.01. The Hall–Kier alpha value is -2.70. The van der Waals surface area contributed by atoms with Crippen LogP contribution in [0.25, 0.3) is 0 Å². The van der Waals surface area contributed by atoms with Crippen LogP contribution in [0.1, 0.15) is 66.7 Å². The predicted molar refractivity (Wildman–Crippen MR) is 104 cm³/mol. The Kier molecular flexibility index (Phi) is 8.17. The van der Waals surface area contributed by atoms with Gasteiger partial charge in [-0.25, -0.2) is 0 Å². The molecule has 1 aliphatic rings. The molecule has 0 saturated heterocycles. The van der Waals surface area contributed by atoms with E-state index in [2.05, 4.69) is 6.92 Å². The summed E-state index contributed by atoms with van der Waals surface area (Å²) in [6.07, 6.45) is 4.02. The molecule has 0 radical (unpaired) electrons. The minimum absolute atomic E-state index is 0.0927. The van der Waals surface area contributed by atoms with E-state index in [1.54, 1.807) is 36.1 Å². The first kappa shape index (κ1) is 21.6. The summed E-state index contributed by atoms with van der Waals surface area (Å²) in [5, 5.41) is 0. The summed E-state index contributed by atoms with van der Waals surface area (Å²) in [7, 11) is 0. The quantitative estimate of drug-likeness (QED) is 0.331. The van der Waals surface area contributed by atoms with Crippen LogP contribution in [0, 0.1) is 0 Å². The number of carbonyl (C=O) groups excluding carboxylic acids is 4. The lowest BCUT2D eigenvalue weighted by atomic mass is 10.1. The van der Waals surface area contributed by atoms with Gasteiger partial charge in [-0.3, -0.25) is 24.1 Å². The van der Waals surface area contributed by atoms with E-state index in [4.69, 9.17) is 4.74 Å². The van der Waals surface area contributed by atoms with Crippen LogP contribution in [0.2, 0.25) is 0 Å². The van der Waals surface area contributed by atoms with Gasteiger partial charge < -0.3 is 9.64 Å². The zero-order chi connectivity index (χ0) is 20.5. The lowest BCUT2D eigenvalue weighted by Gasteiger charge is -2.24. The summed E-state index contributed by atoms with van der Waals surface area (Å²) in [6, 6.07) is 6.55. The largest absolute Gasteiger partial charge is 0.466 e. The number of hydrogen-bond acceptors (Lipinski definition) is 5. The van der Waals surface area contributed by atoms with Crippen LogP contribution in [0.3, 0.4) is 0 Å². The van der Waals surface area contributed by atoms with Crippen molar-refractivity contribution in [3.63, 3.8) is 0 Å². The van der Waals surface area contributed by atoms with E-state index in [-0.39, 0.29) is 38.0 Å². The molecule has 7 heteroatoms. The molecule has 0 N–H and O–H groups in total. The lowest BCUT2D eigenvalue weighted by Crippen LogP contribution is -2.43. The molecule has 0 spiro atoms. The van der Waals surface area contributed by atoms with Crippen LogP contribution >= 0.6 is 0 Å². The van der Waals surface area contributed by atoms with Crippen molar-refractivity contribution in [2.45, 2.75) is 46.0 Å². The van der Waals surface area contributed by atoms with Crippen molar-refractivity contribution in [3.05, 3.63) is 35.4 Å². The number of nitrogens with zero attached hydrogens (tertiary/aromatic N) is 2. The molecule has 1 aromatic carbocycles. The van der Waals surface area contributed by atoms with Gasteiger partial charge in [-0.15, -0.1) is 0 Å². The number of carbonyl (C=O) groups is 4. The molecule has 0 aromatic heterocycles. The number of hydrogen-bond donors (Lipinski definition) is 0. The monoisotopic (exact) mass is 388 g/mol. The number of amides is 3. The third-order valence-electron chi connectivity index (χ3n) is 4.70. The highest BCUT2D eigenvalue weighted by atomic mass is 16.5. The number of imide groups is 1. The number of benzene rings is 1. The molecule has 0 saturated carbocycles. The van der Waals surface area contributed by atoms with Gasteiger partial charge in [0.05, 0.1) is 24.2 Å². The van der Waals surface area contributed by atoms with Crippen LogP contribution in [-0.2, 0) is 14.3 Å². The fraction of sp³-hybridized carbons (Fsp3) is 0.524. The summed E-state index contributed by atoms with van der Waals surface area (Å²) >= 11 is 0. The van der Waals surface area contributed by atoms with Crippen LogP contribution in [0.5, 0.6) is 0 Å². The highest BCUT2D eigenvalue weighted by Gasteiger charge is 2.37. The predicted octanol–water partition coefficient (Wildman–Crippen LogP) is 2.64. The second-order valence-electron chi connectivity index (χ2n) is 6.74. The van der Waals surface area contributed by atoms with Crippen molar-refractivity contribution in [2.24, 2.45) is 0 Å². The summed E-state index contributed by atoms with van der Waals surface area (Å²) in [5.74, 6) is -1.61. The van der Waals surface area contributed by atoms with Gasteiger partial charge in [0, 0.05) is 13.1 Å². The Morgan fingerprint density at radius 3 is 2.18 bits per heavy atom. The van der Waals surface area contributed by atoms with E-state index in [1.165, 1.54) is 0 Å². The number of fused-ring (bicyclic) bond motifs is 1. The lowest BCUT2D eigenvalue weighted by molar-refractivity contribution is -0.144. The van der Waals surface area contributed by atoms with Crippen LogP contribution in [0.15, 0.2) is 24.3 Å². The van der Waals surface area contributed by atoms with Gasteiger partial charge in [0.25, 0.3) is 11.8 Å². The van der Waals surface area contributed by atoms with Gasteiger partial charge in [0.2, 0.25) is 5.91 Å². The van der Waals surface area contributed by atoms with Crippen molar-refractivity contribution < 1.29 is 23.9 Å². The molecule has 0 atom stereocenters. The molecule has 1 aliphatic heterocycles. The first-order chi connectivity index (χ1) is 13.5. The smallest absolute Gasteiger partial charge is 0.307 e. The Morgan fingerprint density at radius 1 is 0.964 bits per heavy atom. The number of ether oxygens (including phenoxy) is 1. The highest BCUT2D eigenvalue weighted by molar-refractivity contribution is 6.22. The molecule has 0 aliphatic carbocycles. The Morgan fingerprint density at radius 2 is 1.61 bits per heavy atom. The first-order valence-corrected chi connectivity index (χ1v) is 9.88. The zero-order valence-corrected chi connectivity index (χ0v) is 16.6. The standard InChI is InChI=1S/C21H28N2O5/c1-3-5-6-9-13-22(14-12-19(25)28-4-2)18(24)15-23-20(26)16-10-7-8-11-17(16)21(23)27/h7-8,10-11H,3-6,9,12-15H2,1-2H3. The average Bonchev–Trinajstić information content (AvgIpc) is 2.92. The van der Waals surface area contributed by atoms with Crippen molar-refractivity contribution in [2.75, 3.05) is 26.2 Å². The minimum atomic E-state index is -0.453. The molecular formula is C21H28N2O5. The number of esters is 1. The van der Waals surface area contributed by atoms with Crippen LogP contribution in [0.4, 0.5) is 0 Å². The van der Waals surface area contributed by atoms with Crippen molar-refractivity contribution in [3.8, 4) is 0 Å². The number of unbranched alkanes of at least 4 members (excludes halogenated alkanes) is 3. The molecule has 3 amide bonds. The van der Waals surface area contributed by atoms with Crippen LogP contribution in [-0.4, -0.2) is 59.7 Å². The number of rotatable bonds is 11. The molecule has 1 heterocycles. The molecule has 7 nitrogen and oxygen atoms in total. The second-order valence-corrected chi connectivity index (χ2v) is 6.74. The van der Waals surface area contributed by atoms with E-state index < -0.39 is 11.8 Å². The minimum Gasteiger partial charge on any atom is -0.466 e. The van der Waals surface area contributed by atoms with E-state index in [1.807, 2.05) is 0 Å². The third kappa shape index (κ3) is 5.41. The zero-order valence-electron chi connectivity index (χ0n) is 16.6. The Bertz CT molecular complexity index is 696. The molecule has 152 valence electrons. The summed E-state index contributed by atoms with van der Waals surface area (Å²) in [4.78, 5) is 52.0. The fourth-order valence-electron chi connectivity index (χ4n) is 3.17. The maximum absolute atomic E-state index is 12.8. The normalized spacial score (nSPS) is 12.9. The van der Waals surface area contributed by atoms with E-state index in [9.17, 15) is 19.2 Å².